The van der Waals surface area contributed by atoms with Gasteiger partial charge in [-0.25, -0.2) is 4.98 Å². The van der Waals surface area contributed by atoms with Crippen molar-refractivity contribution in [1.29, 1.82) is 0 Å². The maximum absolute atomic E-state index is 5.51. The van der Waals surface area contributed by atoms with E-state index in [1.165, 1.54) is 0 Å². The molecule has 0 fully saturated rings. The molecule has 0 radical (unpaired) electrons. The summed E-state index contributed by atoms with van der Waals surface area (Å²) in [5.74, 6) is 1.17. The van der Waals surface area contributed by atoms with Crippen LogP contribution in [0.4, 0.5) is 11.8 Å². The molecule has 14 heavy (non-hydrogen) atoms. The molecule has 0 bridgehead atoms. The van der Waals surface area contributed by atoms with Gasteiger partial charge in [-0.3, -0.25) is 0 Å². The molecule has 4 heteroatoms. The zero-order valence-electron chi connectivity index (χ0n) is 9.04. The van der Waals surface area contributed by atoms with E-state index in [-0.39, 0.29) is 0 Å². The number of nitrogens with two attached hydrogens (primary N) is 1. The van der Waals surface area contributed by atoms with Crippen molar-refractivity contribution in [3.63, 3.8) is 0 Å². The Balaban J connectivity index is 2.70. The van der Waals surface area contributed by atoms with E-state index in [4.69, 9.17) is 5.73 Å². The molecule has 1 aromatic heterocycles. The fourth-order valence-corrected chi connectivity index (χ4v) is 1.34. The molecule has 1 unspecified atom stereocenters. The average molecular weight is 194 g/mol. The highest BCUT2D eigenvalue weighted by atomic mass is 15.1. The molecule has 4 nitrogen and oxygen atoms in total. The second kappa shape index (κ2) is 4.79. The average Bonchev–Trinajstić information content (AvgIpc) is 2.12. The molecule has 0 aromatic carbocycles. The van der Waals surface area contributed by atoms with E-state index in [0.717, 1.165) is 24.2 Å². The minimum absolute atomic E-state index is 0.321. The van der Waals surface area contributed by atoms with Gasteiger partial charge in [-0.15, -0.1) is 0 Å². The fourth-order valence-electron chi connectivity index (χ4n) is 1.34. The Morgan fingerprint density at radius 1 is 1.57 bits per heavy atom. The summed E-state index contributed by atoms with van der Waals surface area (Å²) in [7, 11) is 0. The standard InChI is InChI=1S/C10H18N4/c1-4-5-8(3)13-9-7(2)6-12-10(11)14-9/h6,8H,4-5H2,1-3H3,(H3,11,12,13,14). The molecule has 0 saturated carbocycles. The number of rotatable bonds is 4. The molecule has 1 heterocycles. The molecule has 0 saturated heterocycles. The molecule has 1 rings (SSSR count). The molecule has 1 atom stereocenters. The van der Waals surface area contributed by atoms with Gasteiger partial charge >= 0.3 is 0 Å². The Morgan fingerprint density at radius 3 is 2.93 bits per heavy atom. The SMILES string of the molecule is CCCC(C)Nc1nc(N)ncc1C. The smallest absolute Gasteiger partial charge is 0.221 e. The van der Waals surface area contributed by atoms with E-state index in [9.17, 15) is 0 Å². The van der Waals surface area contributed by atoms with Gasteiger partial charge in [0.05, 0.1) is 0 Å². The van der Waals surface area contributed by atoms with Crippen LogP contribution in [0.15, 0.2) is 6.20 Å². The van der Waals surface area contributed by atoms with Gasteiger partial charge in [0.15, 0.2) is 0 Å². The number of nitrogens with zero attached hydrogens (tertiary/aromatic N) is 2. The first kappa shape index (κ1) is 10.8. The highest BCUT2D eigenvalue weighted by molar-refractivity contribution is 5.45. The maximum Gasteiger partial charge on any atom is 0.221 e. The Hall–Kier alpha value is -1.32. The van der Waals surface area contributed by atoms with E-state index in [0.29, 0.717) is 12.0 Å². The second-order valence-electron chi connectivity index (χ2n) is 3.59. The lowest BCUT2D eigenvalue weighted by atomic mass is 10.2. The first-order valence-corrected chi connectivity index (χ1v) is 4.99. The third-order valence-electron chi connectivity index (χ3n) is 2.10. The van der Waals surface area contributed by atoms with Gasteiger partial charge in [0.1, 0.15) is 5.82 Å². The van der Waals surface area contributed by atoms with Gasteiger partial charge < -0.3 is 11.1 Å². The number of aryl methyl sites for hydroxylation is 1. The highest BCUT2D eigenvalue weighted by Gasteiger charge is 2.05. The van der Waals surface area contributed by atoms with Crippen molar-refractivity contribution in [1.82, 2.24) is 9.97 Å². The predicted molar refractivity (Wildman–Crippen MR) is 59.2 cm³/mol. The number of nitrogens with one attached hydrogen (secondary N) is 1. The molecule has 0 amide bonds. The van der Waals surface area contributed by atoms with Crippen LogP contribution in [0.3, 0.4) is 0 Å². The van der Waals surface area contributed by atoms with Crippen LogP contribution in [0.1, 0.15) is 32.3 Å². The Morgan fingerprint density at radius 2 is 2.29 bits per heavy atom. The van der Waals surface area contributed by atoms with Crippen LogP contribution in [0.5, 0.6) is 0 Å². The summed E-state index contributed by atoms with van der Waals surface area (Å²) in [5.41, 5.74) is 6.54. The lowest BCUT2D eigenvalue weighted by Gasteiger charge is -2.14. The Labute approximate surface area is 85.0 Å². The van der Waals surface area contributed by atoms with Crippen molar-refractivity contribution in [2.24, 2.45) is 0 Å². The predicted octanol–water partition coefficient (Wildman–Crippen LogP) is 1.97. The molecular formula is C10H18N4. The van der Waals surface area contributed by atoms with Crippen LogP contribution in [0.2, 0.25) is 0 Å². The summed E-state index contributed by atoms with van der Waals surface area (Å²) in [6.07, 6.45) is 4.03. The van der Waals surface area contributed by atoms with Gasteiger partial charge in [0.2, 0.25) is 5.95 Å². The Kier molecular flexibility index (Phi) is 3.68. The topological polar surface area (TPSA) is 63.8 Å². The summed E-state index contributed by atoms with van der Waals surface area (Å²) in [4.78, 5) is 8.07. The molecule has 78 valence electrons. The highest BCUT2D eigenvalue weighted by Crippen LogP contribution is 2.13. The zero-order valence-corrected chi connectivity index (χ0v) is 9.04. The number of hydrogen-bond donors (Lipinski definition) is 2. The van der Waals surface area contributed by atoms with E-state index in [1.54, 1.807) is 6.20 Å². The van der Waals surface area contributed by atoms with Crippen LogP contribution in [-0.4, -0.2) is 16.0 Å². The van der Waals surface area contributed by atoms with Crippen LogP contribution in [0, 0.1) is 6.92 Å². The third kappa shape index (κ3) is 2.87. The normalized spacial score (nSPS) is 12.5. The van der Waals surface area contributed by atoms with Crippen molar-refractivity contribution >= 4 is 11.8 Å². The third-order valence-corrected chi connectivity index (χ3v) is 2.10. The van der Waals surface area contributed by atoms with Crippen molar-refractivity contribution in [2.45, 2.75) is 39.7 Å². The maximum atomic E-state index is 5.51. The van der Waals surface area contributed by atoms with E-state index in [2.05, 4.69) is 29.1 Å². The number of hydrogen-bond acceptors (Lipinski definition) is 4. The minimum Gasteiger partial charge on any atom is -0.368 e. The summed E-state index contributed by atoms with van der Waals surface area (Å²) in [5, 5.41) is 3.32. The van der Waals surface area contributed by atoms with E-state index < -0.39 is 0 Å². The second-order valence-corrected chi connectivity index (χ2v) is 3.59. The summed E-state index contributed by atoms with van der Waals surface area (Å²) < 4.78 is 0. The summed E-state index contributed by atoms with van der Waals surface area (Å²) >= 11 is 0. The van der Waals surface area contributed by atoms with Crippen LogP contribution in [0.25, 0.3) is 0 Å². The van der Waals surface area contributed by atoms with Crippen molar-refractivity contribution in [3.05, 3.63) is 11.8 Å². The largest absolute Gasteiger partial charge is 0.368 e. The lowest BCUT2D eigenvalue weighted by Crippen LogP contribution is -2.17. The number of nitrogen functional groups attached to an aromatic ring is 1. The number of aromatic nitrogens is 2. The van der Waals surface area contributed by atoms with E-state index in [1.807, 2.05) is 6.92 Å². The molecule has 1 aromatic rings. The van der Waals surface area contributed by atoms with Gasteiger partial charge in [-0.05, 0) is 20.3 Å². The van der Waals surface area contributed by atoms with Crippen molar-refractivity contribution in [2.75, 3.05) is 11.1 Å². The van der Waals surface area contributed by atoms with Gasteiger partial charge in [0, 0.05) is 17.8 Å². The van der Waals surface area contributed by atoms with E-state index >= 15 is 0 Å². The quantitative estimate of drug-likeness (QED) is 0.769. The zero-order chi connectivity index (χ0) is 10.6. The molecular weight excluding hydrogens is 176 g/mol. The Bertz CT molecular complexity index is 298. The number of anilines is 2. The van der Waals surface area contributed by atoms with Gasteiger partial charge in [-0.1, -0.05) is 13.3 Å². The molecule has 0 spiro atoms. The minimum atomic E-state index is 0.321. The van der Waals surface area contributed by atoms with Crippen molar-refractivity contribution < 1.29 is 0 Å². The molecule has 0 aliphatic carbocycles. The summed E-state index contributed by atoms with van der Waals surface area (Å²) in [6.45, 7) is 6.28. The molecule has 0 aliphatic rings. The van der Waals surface area contributed by atoms with Crippen LogP contribution >= 0.6 is 0 Å². The van der Waals surface area contributed by atoms with Crippen molar-refractivity contribution in [3.8, 4) is 0 Å². The first-order chi connectivity index (χ1) is 6.63. The summed E-state index contributed by atoms with van der Waals surface area (Å²) in [6, 6.07) is 0.424. The monoisotopic (exact) mass is 194 g/mol. The van der Waals surface area contributed by atoms with Gasteiger partial charge in [0.25, 0.3) is 0 Å². The molecule has 0 aliphatic heterocycles. The van der Waals surface area contributed by atoms with Gasteiger partial charge in [-0.2, -0.15) is 4.98 Å². The lowest BCUT2D eigenvalue weighted by molar-refractivity contribution is 0.686. The first-order valence-electron chi connectivity index (χ1n) is 4.99. The molecule has 3 N–H and O–H groups in total. The van der Waals surface area contributed by atoms with Crippen LogP contribution in [-0.2, 0) is 0 Å². The van der Waals surface area contributed by atoms with Crippen LogP contribution < -0.4 is 11.1 Å². The fraction of sp³-hybridized carbons (Fsp3) is 0.600.